The molecule has 2 N–H and O–H groups in total. The third-order valence-corrected chi connectivity index (χ3v) is 4.68. The molecule has 0 aliphatic heterocycles. The molecule has 0 fully saturated rings. The molecule has 8 heteroatoms. The lowest BCUT2D eigenvalue weighted by molar-refractivity contribution is -0.122. The van der Waals surface area contributed by atoms with Crippen LogP contribution in [0.15, 0.2) is 67.3 Å². The number of nitrogens with one attached hydrogen (secondary N) is 2. The summed E-state index contributed by atoms with van der Waals surface area (Å²) in [6, 6.07) is 15.6. The van der Waals surface area contributed by atoms with Crippen LogP contribution < -0.4 is 10.6 Å². The maximum absolute atomic E-state index is 12.7. The molecule has 0 radical (unpaired) electrons. The Kier molecular flexibility index (Phi) is 6.97. The second-order valence-electron chi connectivity index (χ2n) is 6.71. The standard InChI is InChI=1S/C21H22ClN5O2/c1-15(12-27-14-23-13-24-27)25-20(28)11-19(16-7-3-2-4-8-16)26-21(29)17-9-5-6-10-18(17)22/h2-10,13-15,19H,11-12H2,1H3,(H,25,28)(H,26,29). The molecular formula is C21H22ClN5O2. The predicted molar refractivity (Wildman–Crippen MR) is 110 cm³/mol. The molecule has 2 amide bonds. The zero-order valence-electron chi connectivity index (χ0n) is 16.0. The highest BCUT2D eigenvalue weighted by Gasteiger charge is 2.21. The molecule has 2 aromatic carbocycles. The Hall–Kier alpha value is -3.19. The topological polar surface area (TPSA) is 88.9 Å². The van der Waals surface area contributed by atoms with Crippen molar-refractivity contribution >= 4 is 23.4 Å². The summed E-state index contributed by atoms with van der Waals surface area (Å²) in [4.78, 5) is 29.2. The van der Waals surface area contributed by atoms with Crippen LogP contribution in [-0.4, -0.2) is 32.6 Å². The van der Waals surface area contributed by atoms with Gasteiger partial charge >= 0.3 is 0 Å². The van der Waals surface area contributed by atoms with Crippen LogP contribution in [0.4, 0.5) is 0 Å². The first-order valence-corrected chi connectivity index (χ1v) is 9.63. The third kappa shape index (κ3) is 5.89. The average Bonchev–Trinajstić information content (AvgIpc) is 3.21. The first-order valence-electron chi connectivity index (χ1n) is 9.25. The zero-order chi connectivity index (χ0) is 20.6. The summed E-state index contributed by atoms with van der Waals surface area (Å²) >= 11 is 6.14. The zero-order valence-corrected chi connectivity index (χ0v) is 16.7. The molecule has 3 rings (SSSR count). The van der Waals surface area contributed by atoms with E-state index < -0.39 is 6.04 Å². The highest BCUT2D eigenvalue weighted by atomic mass is 35.5. The third-order valence-electron chi connectivity index (χ3n) is 4.35. The number of amides is 2. The Bertz CT molecular complexity index is 947. The van der Waals surface area contributed by atoms with E-state index in [0.717, 1.165) is 5.56 Å². The van der Waals surface area contributed by atoms with Crippen LogP contribution >= 0.6 is 11.6 Å². The molecule has 2 atom stereocenters. The molecular weight excluding hydrogens is 390 g/mol. The largest absolute Gasteiger partial charge is 0.352 e. The summed E-state index contributed by atoms with van der Waals surface area (Å²) in [5.74, 6) is -0.501. The monoisotopic (exact) mass is 411 g/mol. The van der Waals surface area contributed by atoms with Crippen molar-refractivity contribution in [3.05, 3.63) is 83.4 Å². The van der Waals surface area contributed by atoms with E-state index in [0.29, 0.717) is 17.1 Å². The van der Waals surface area contributed by atoms with E-state index in [4.69, 9.17) is 11.6 Å². The van der Waals surface area contributed by atoms with Gasteiger partial charge < -0.3 is 10.6 Å². The van der Waals surface area contributed by atoms with Crippen molar-refractivity contribution in [2.75, 3.05) is 0 Å². The van der Waals surface area contributed by atoms with E-state index in [1.807, 2.05) is 37.3 Å². The number of hydrogen-bond acceptors (Lipinski definition) is 4. The van der Waals surface area contributed by atoms with Gasteiger partial charge in [0, 0.05) is 6.04 Å². The fourth-order valence-electron chi connectivity index (χ4n) is 2.99. The molecule has 0 aliphatic carbocycles. The van der Waals surface area contributed by atoms with Crippen LogP contribution in [0.2, 0.25) is 5.02 Å². The van der Waals surface area contributed by atoms with Crippen molar-refractivity contribution in [1.29, 1.82) is 0 Å². The van der Waals surface area contributed by atoms with Gasteiger partial charge in [-0.15, -0.1) is 0 Å². The first-order chi connectivity index (χ1) is 14.0. The number of halogens is 1. The van der Waals surface area contributed by atoms with E-state index in [1.165, 1.54) is 6.33 Å². The Morgan fingerprint density at radius 1 is 1.07 bits per heavy atom. The molecule has 0 spiro atoms. The molecule has 2 unspecified atom stereocenters. The van der Waals surface area contributed by atoms with Crippen LogP contribution in [0.5, 0.6) is 0 Å². The van der Waals surface area contributed by atoms with E-state index in [-0.39, 0.29) is 24.3 Å². The molecule has 0 saturated carbocycles. The van der Waals surface area contributed by atoms with Gasteiger partial charge in [-0.1, -0.05) is 54.1 Å². The Morgan fingerprint density at radius 3 is 2.48 bits per heavy atom. The molecule has 29 heavy (non-hydrogen) atoms. The maximum atomic E-state index is 12.7. The molecule has 1 aromatic heterocycles. The number of nitrogens with zero attached hydrogens (tertiary/aromatic N) is 3. The smallest absolute Gasteiger partial charge is 0.253 e. The lowest BCUT2D eigenvalue weighted by Crippen LogP contribution is -2.39. The van der Waals surface area contributed by atoms with Gasteiger partial charge in [0.05, 0.1) is 29.6 Å². The molecule has 0 saturated heterocycles. The van der Waals surface area contributed by atoms with Gasteiger partial charge in [0.25, 0.3) is 5.91 Å². The second-order valence-corrected chi connectivity index (χ2v) is 7.11. The number of hydrogen-bond donors (Lipinski definition) is 2. The van der Waals surface area contributed by atoms with Crippen molar-refractivity contribution in [3.8, 4) is 0 Å². The van der Waals surface area contributed by atoms with E-state index in [2.05, 4.69) is 20.7 Å². The molecule has 150 valence electrons. The van der Waals surface area contributed by atoms with Crippen molar-refractivity contribution in [1.82, 2.24) is 25.4 Å². The van der Waals surface area contributed by atoms with Gasteiger partial charge in [0.15, 0.2) is 0 Å². The van der Waals surface area contributed by atoms with Crippen molar-refractivity contribution in [3.63, 3.8) is 0 Å². The summed E-state index contributed by atoms with van der Waals surface area (Å²) in [5.41, 5.74) is 1.21. The lowest BCUT2D eigenvalue weighted by Gasteiger charge is -2.21. The molecule has 0 aliphatic rings. The predicted octanol–water partition coefficient (Wildman–Crippen LogP) is 3.00. The number of benzene rings is 2. The fraction of sp³-hybridized carbons (Fsp3) is 0.238. The summed E-state index contributed by atoms with van der Waals surface area (Å²) in [7, 11) is 0. The minimum Gasteiger partial charge on any atom is -0.352 e. The van der Waals surface area contributed by atoms with Crippen molar-refractivity contribution < 1.29 is 9.59 Å². The minimum absolute atomic E-state index is 0.0991. The molecule has 0 bridgehead atoms. The summed E-state index contributed by atoms with van der Waals surface area (Å²) < 4.78 is 1.65. The van der Waals surface area contributed by atoms with Gasteiger partial charge in [-0.05, 0) is 24.6 Å². The van der Waals surface area contributed by atoms with Crippen molar-refractivity contribution in [2.45, 2.75) is 32.0 Å². The fourth-order valence-corrected chi connectivity index (χ4v) is 3.21. The van der Waals surface area contributed by atoms with Gasteiger partial charge in [0.1, 0.15) is 12.7 Å². The maximum Gasteiger partial charge on any atom is 0.253 e. The average molecular weight is 412 g/mol. The lowest BCUT2D eigenvalue weighted by atomic mass is 10.0. The van der Waals surface area contributed by atoms with Crippen molar-refractivity contribution in [2.24, 2.45) is 0 Å². The highest BCUT2D eigenvalue weighted by Crippen LogP contribution is 2.20. The Balaban J connectivity index is 1.68. The van der Waals surface area contributed by atoms with Gasteiger partial charge in [-0.2, -0.15) is 5.10 Å². The van der Waals surface area contributed by atoms with Crippen LogP contribution in [0.25, 0.3) is 0 Å². The van der Waals surface area contributed by atoms with Crippen LogP contribution in [0.3, 0.4) is 0 Å². The summed E-state index contributed by atoms with van der Waals surface area (Å²) in [6.07, 6.45) is 3.14. The number of rotatable bonds is 8. The second kappa shape index (κ2) is 9.84. The highest BCUT2D eigenvalue weighted by molar-refractivity contribution is 6.33. The van der Waals surface area contributed by atoms with Gasteiger partial charge in [-0.25, -0.2) is 4.98 Å². The van der Waals surface area contributed by atoms with Gasteiger partial charge in [0.2, 0.25) is 5.91 Å². The molecule has 3 aromatic rings. The van der Waals surface area contributed by atoms with Crippen LogP contribution in [-0.2, 0) is 11.3 Å². The SMILES string of the molecule is CC(Cn1cncn1)NC(=O)CC(NC(=O)c1ccccc1Cl)c1ccccc1. The summed E-state index contributed by atoms with van der Waals surface area (Å²) in [5, 5.41) is 10.3. The normalized spacial score (nSPS) is 12.8. The number of aromatic nitrogens is 3. The number of carbonyl (C=O) groups excluding carboxylic acids is 2. The molecule has 1 heterocycles. The van der Waals surface area contributed by atoms with E-state index in [1.54, 1.807) is 35.3 Å². The van der Waals surface area contributed by atoms with Crippen LogP contribution in [0.1, 0.15) is 35.3 Å². The van der Waals surface area contributed by atoms with Crippen LogP contribution in [0, 0.1) is 0 Å². The first kappa shape index (κ1) is 20.5. The molecule has 7 nitrogen and oxygen atoms in total. The Morgan fingerprint density at radius 2 is 1.79 bits per heavy atom. The van der Waals surface area contributed by atoms with E-state index >= 15 is 0 Å². The minimum atomic E-state index is -0.487. The summed E-state index contributed by atoms with van der Waals surface area (Å²) in [6.45, 7) is 2.40. The number of carbonyl (C=O) groups is 2. The van der Waals surface area contributed by atoms with E-state index in [9.17, 15) is 9.59 Å². The quantitative estimate of drug-likeness (QED) is 0.596. The van der Waals surface area contributed by atoms with Gasteiger partial charge in [-0.3, -0.25) is 14.3 Å². The Labute approximate surface area is 174 Å².